The largest absolute Gasteiger partial charge is 0.480 e. The van der Waals surface area contributed by atoms with E-state index in [9.17, 15) is 22.8 Å². The maximum absolute atomic E-state index is 13.1. The zero-order valence-electron chi connectivity index (χ0n) is 11.7. The number of aliphatic carboxylic acids is 1. The molecule has 122 valence electrons. The number of halogens is 3. The van der Waals surface area contributed by atoms with Crippen LogP contribution < -0.4 is 5.32 Å². The van der Waals surface area contributed by atoms with E-state index in [1.54, 1.807) is 30.3 Å². The minimum atomic E-state index is -4.82. The van der Waals surface area contributed by atoms with Gasteiger partial charge in [-0.25, -0.2) is 4.98 Å². The molecule has 1 aromatic heterocycles. The highest BCUT2D eigenvalue weighted by Gasteiger charge is 2.40. The first kappa shape index (κ1) is 16.9. The Morgan fingerprint density at radius 3 is 2.39 bits per heavy atom. The van der Waals surface area contributed by atoms with Gasteiger partial charge in [-0.2, -0.15) is 13.2 Å². The number of nitrogens with zero attached hydrogens (tertiary/aromatic N) is 1. The fourth-order valence-electron chi connectivity index (χ4n) is 1.69. The summed E-state index contributed by atoms with van der Waals surface area (Å²) in [5.74, 6) is -2.47. The van der Waals surface area contributed by atoms with Gasteiger partial charge in [-0.05, 0) is 6.92 Å². The Balaban J connectivity index is 2.43. The van der Waals surface area contributed by atoms with E-state index in [1.807, 2.05) is 5.32 Å². The van der Waals surface area contributed by atoms with Gasteiger partial charge in [0.25, 0.3) is 5.91 Å². The summed E-state index contributed by atoms with van der Waals surface area (Å²) in [5.41, 5.74) is -0.884. The van der Waals surface area contributed by atoms with Crippen LogP contribution in [0.1, 0.15) is 22.3 Å². The molecular weight excluding hydrogens is 333 g/mol. The number of hydrogen-bond acceptors (Lipinski definition) is 4. The topological polar surface area (TPSA) is 79.3 Å². The van der Waals surface area contributed by atoms with E-state index in [0.717, 1.165) is 6.92 Å². The van der Waals surface area contributed by atoms with Gasteiger partial charge in [0.1, 0.15) is 15.9 Å². The first-order valence-corrected chi connectivity index (χ1v) is 7.19. The Morgan fingerprint density at radius 2 is 1.87 bits per heavy atom. The molecular formula is C14H11F3N2O3S. The highest BCUT2D eigenvalue weighted by atomic mass is 32.1. The maximum atomic E-state index is 13.1. The van der Waals surface area contributed by atoms with Crippen LogP contribution in [0.25, 0.3) is 10.6 Å². The van der Waals surface area contributed by atoms with Crippen LogP contribution in [0.2, 0.25) is 0 Å². The molecule has 0 fully saturated rings. The molecule has 0 aliphatic carbocycles. The van der Waals surface area contributed by atoms with E-state index in [2.05, 4.69) is 4.98 Å². The van der Waals surface area contributed by atoms with Crippen LogP contribution in [0, 0.1) is 0 Å². The smallest absolute Gasteiger partial charge is 0.435 e. The van der Waals surface area contributed by atoms with Crippen molar-refractivity contribution in [2.75, 3.05) is 0 Å². The predicted molar refractivity (Wildman–Crippen MR) is 77.1 cm³/mol. The molecule has 0 aliphatic heterocycles. The number of aromatic nitrogens is 1. The summed E-state index contributed by atoms with van der Waals surface area (Å²) < 4.78 is 39.2. The van der Waals surface area contributed by atoms with E-state index in [-0.39, 0.29) is 5.01 Å². The number of carboxylic acid groups (broad SMARTS) is 1. The molecule has 1 amide bonds. The minimum Gasteiger partial charge on any atom is -0.480 e. The van der Waals surface area contributed by atoms with Crippen LogP contribution in [-0.2, 0) is 11.0 Å². The molecule has 1 aromatic carbocycles. The van der Waals surface area contributed by atoms with Crippen LogP contribution in [0.4, 0.5) is 13.2 Å². The second-order valence-corrected chi connectivity index (χ2v) is 5.59. The highest BCUT2D eigenvalue weighted by Crippen LogP contribution is 2.37. The van der Waals surface area contributed by atoms with Gasteiger partial charge in [0.2, 0.25) is 0 Å². The van der Waals surface area contributed by atoms with Crippen molar-refractivity contribution in [2.24, 2.45) is 0 Å². The number of carbonyl (C=O) groups excluding carboxylic acids is 1. The van der Waals surface area contributed by atoms with Gasteiger partial charge in [0, 0.05) is 5.56 Å². The average Bonchev–Trinajstić information content (AvgIpc) is 2.93. The lowest BCUT2D eigenvalue weighted by Crippen LogP contribution is -2.38. The summed E-state index contributed by atoms with van der Waals surface area (Å²) in [6, 6.07) is 6.79. The first-order chi connectivity index (χ1) is 10.7. The van der Waals surface area contributed by atoms with Crippen LogP contribution >= 0.6 is 11.3 Å². The molecule has 0 saturated heterocycles. The standard InChI is InChI=1S/C14H11F3N2O3S/c1-7(13(21)22)18-11(20)9-10(14(15,16)17)19-12(23-9)8-5-3-2-4-6-8/h2-7H,1H3,(H,18,20)(H,21,22). The molecule has 1 atom stereocenters. The summed E-state index contributed by atoms with van der Waals surface area (Å²) in [4.78, 5) is 25.5. The lowest BCUT2D eigenvalue weighted by atomic mass is 10.2. The Morgan fingerprint density at radius 1 is 1.26 bits per heavy atom. The second-order valence-electron chi connectivity index (χ2n) is 4.59. The number of thiazole rings is 1. The lowest BCUT2D eigenvalue weighted by Gasteiger charge is -2.09. The van der Waals surface area contributed by atoms with E-state index in [1.165, 1.54) is 0 Å². The monoisotopic (exact) mass is 344 g/mol. The molecule has 0 spiro atoms. The van der Waals surface area contributed by atoms with Crippen molar-refractivity contribution in [1.29, 1.82) is 0 Å². The third kappa shape index (κ3) is 3.86. The molecule has 0 aliphatic rings. The van der Waals surface area contributed by atoms with Crippen LogP contribution in [0.3, 0.4) is 0 Å². The van der Waals surface area contributed by atoms with Gasteiger partial charge in [0.05, 0.1) is 0 Å². The summed E-state index contributed by atoms with van der Waals surface area (Å²) in [7, 11) is 0. The molecule has 2 aromatic rings. The SMILES string of the molecule is CC(NC(=O)c1sc(-c2ccccc2)nc1C(F)(F)F)C(=O)O. The van der Waals surface area contributed by atoms with Gasteiger partial charge >= 0.3 is 12.1 Å². The van der Waals surface area contributed by atoms with Crippen molar-refractivity contribution in [3.63, 3.8) is 0 Å². The Kier molecular flexibility index (Phi) is 4.69. The minimum absolute atomic E-state index is 0.0334. The zero-order valence-corrected chi connectivity index (χ0v) is 12.5. The number of benzene rings is 1. The Bertz CT molecular complexity index is 729. The average molecular weight is 344 g/mol. The molecule has 1 unspecified atom stereocenters. The lowest BCUT2D eigenvalue weighted by molar-refractivity contribution is -0.141. The number of amides is 1. The fourth-order valence-corrected chi connectivity index (χ4v) is 2.69. The van der Waals surface area contributed by atoms with Gasteiger partial charge in [0.15, 0.2) is 5.69 Å². The number of carbonyl (C=O) groups is 2. The van der Waals surface area contributed by atoms with Crippen molar-refractivity contribution in [1.82, 2.24) is 10.3 Å². The van der Waals surface area contributed by atoms with Crippen molar-refractivity contribution in [3.8, 4) is 10.6 Å². The molecule has 5 nitrogen and oxygen atoms in total. The van der Waals surface area contributed by atoms with Crippen molar-refractivity contribution >= 4 is 23.2 Å². The number of alkyl halides is 3. The summed E-state index contributed by atoms with van der Waals surface area (Å²) >= 11 is 0.565. The zero-order chi connectivity index (χ0) is 17.2. The normalized spacial score (nSPS) is 12.7. The summed E-state index contributed by atoms with van der Waals surface area (Å²) in [6.45, 7) is 1.16. The molecule has 2 rings (SSSR count). The number of carboxylic acids is 1. The number of hydrogen-bond donors (Lipinski definition) is 2. The predicted octanol–water partition coefficient (Wildman–Crippen LogP) is 3.03. The second kappa shape index (κ2) is 6.37. The van der Waals surface area contributed by atoms with Gasteiger partial charge in [-0.15, -0.1) is 11.3 Å². The van der Waals surface area contributed by atoms with Crippen molar-refractivity contribution in [2.45, 2.75) is 19.1 Å². The fraction of sp³-hybridized carbons (Fsp3) is 0.214. The van der Waals surface area contributed by atoms with Gasteiger partial charge in [-0.3, -0.25) is 9.59 Å². The summed E-state index contributed by atoms with van der Waals surface area (Å²) in [6.07, 6.45) is -4.82. The van der Waals surface area contributed by atoms with E-state index in [4.69, 9.17) is 5.11 Å². The van der Waals surface area contributed by atoms with Crippen molar-refractivity contribution < 1.29 is 27.9 Å². The van der Waals surface area contributed by atoms with Crippen molar-refractivity contribution in [3.05, 3.63) is 40.9 Å². The van der Waals surface area contributed by atoms with Crippen LogP contribution in [0.15, 0.2) is 30.3 Å². The third-order valence-electron chi connectivity index (χ3n) is 2.84. The maximum Gasteiger partial charge on any atom is 0.435 e. The number of nitrogens with one attached hydrogen (secondary N) is 1. The summed E-state index contributed by atoms with van der Waals surface area (Å²) in [5, 5.41) is 10.8. The van der Waals surface area contributed by atoms with E-state index < -0.39 is 34.7 Å². The molecule has 23 heavy (non-hydrogen) atoms. The quantitative estimate of drug-likeness (QED) is 0.893. The number of rotatable bonds is 4. The van der Waals surface area contributed by atoms with E-state index >= 15 is 0 Å². The molecule has 0 radical (unpaired) electrons. The van der Waals surface area contributed by atoms with Gasteiger partial charge < -0.3 is 10.4 Å². The molecule has 1 heterocycles. The molecule has 0 bridgehead atoms. The first-order valence-electron chi connectivity index (χ1n) is 6.37. The third-order valence-corrected chi connectivity index (χ3v) is 3.94. The molecule has 9 heteroatoms. The Labute approximate surface area is 132 Å². The molecule has 2 N–H and O–H groups in total. The van der Waals surface area contributed by atoms with Crippen LogP contribution in [-0.4, -0.2) is 28.0 Å². The highest BCUT2D eigenvalue weighted by molar-refractivity contribution is 7.17. The van der Waals surface area contributed by atoms with Crippen LogP contribution in [0.5, 0.6) is 0 Å². The van der Waals surface area contributed by atoms with Gasteiger partial charge in [-0.1, -0.05) is 30.3 Å². The Hall–Kier alpha value is -2.42. The molecule has 0 saturated carbocycles. The van der Waals surface area contributed by atoms with E-state index in [0.29, 0.717) is 16.9 Å².